The molecule has 1 amide bonds. The molecule has 138 valence electrons. The van der Waals surface area contributed by atoms with Crippen LogP contribution in [0.5, 0.6) is 0 Å². The highest BCUT2D eigenvalue weighted by Crippen LogP contribution is 2.40. The molecule has 0 radical (unpaired) electrons. The molecule has 0 spiro atoms. The fourth-order valence-corrected chi connectivity index (χ4v) is 2.94. The molecule has 0 aliphatic carbocycles. The predicted octanol–water partition coefficient (Wildman–Crippen LogP) is 4.35. The first-order valence-corrected chi connectivity index (χ1v) is 8.93. The highest BCUT2D eigenvalue weighted by molar-refractivity contribution is 5.95. The molecule has 1 aromatic heterocycles. The molecule has 1 heterocycles. The summed E-state index contributed by atoms with van der Waals surface area (Å²) in [6, 6.07) is 20.5. The molecule has 0 aliphatic rings. The van der Waals surface area contributed by atoms with Crippen LogP contribution in [0, 0.1) is 5.41 Å². The molecule has 4 nitrogen and oxygen atoms in total. The number of carbonyl (C=O) groups is 1. The average molecular weight is 360 g/mol. The summed E-state index contributed by atoms with van der Waals surface area (Å²) >= 11 is 0. The number of benzene rings is 2. The van der Waals surface area contributed by atoms with E-state index in [2.05, 4.69) is 10.3 Å². The van der Waals surface area contributed by atoms with Crippen LogP contribution in [-0.4, -0.2) is 16.0 Å². The number of aliphatic hydroxyl groups is 1. The third-order valence-corrected chi connectivity index (χ3v) is 4.52. The Morgan fingerprint density at radius 2 is 1.41 bits per heavy atom. The molecule has 4 heteroatoms. The fourth-order valence-electron chi connectivity index (χ4n) is 2.94. The van der Waals surface area contributed by atoms with Gasteiger partial charge in [0.25, 0.3) is 0 Å². The maximum Gasteiger partial charge on any atom is 0.229 e. The van der Waals surface area contributed by atoms with Crippen molar-refractivity contribution in [2.24, 2.45) is 5.41 Å². The second kappa shape index (κ2) is 7.33. The maximum atomic E-state index is 12.6. The highest BCUT2D eigenvalue weighted by Gasteiger charge is 2.36. The van der Waals surface area contributed by atoms with Crippen LogP contribution in [0.25, 0.3) is 0 Å². The van der Waals surface area contributed by atoms with Crippen LogP contribution in [0.3, 0.4) is 0 Å². The van der Waals surface area contributed by atoms with Gasteiger partial charge >= 0.3 is 0 Å². The van der Waals surface area contributed by atoms with Crippen molar-refractivity contribution in [1.29, 1.82) is 0 Å². The first-order chi connectivity index (χ1) is 12.8. The van der Waals surface area contributed by atoms with Gasteiger partial charge in [0.15, 0.2) is 0 Å². The molecular formula is C23H24N2O2. The molecule has 0 bridgehead atoms. The monoisotopic (exact) mass is 360 g/mol. The third-order valence-electron chi connectivity index (χ3n) is 4.52. The number of rotatable bonds is 4. The lowest BCUT2D eigenvalue weighted by Crippen LogP contribution is -2.33. The minimum Gasteiger partial charge on any atom is -0.376 e. The Morgan fingerprint density at radius 3 is 1.89 bits per heavy atom. The van der Waals surface area contributed by atoms with Crippen LogP contribution in [0.2, 0.25) is 0 Å². The normalized spacial score (nSPS) is 11.9. The van der Waals surface area contributed by atoms with Crippen LogP contribution in [0.15, 0.2) is 79.1 Å². The van der Waals surface area contributed by atoms with Gasteiger partial charge in [-0.25, -0.2) is 0 Å². The van der Waals surface area contributed by atoms with Gasteiger partial charge in [0.1, 0.15) is 5.60 Å². The Bertz CT molecular complexity index is 876. The number of nitrogens with one attached hydrogen (secondary N) is 1. The zero-order valence-corrected chi connectivity index (χ0v) is 15.8. The second-order valence-electron chi connectivity index (χ2n) is 7.57. The molecule has 2 aromatic carbocycles. The maximum absolute atomic E-state index is 12.6. The lowest BCUT2D eigenvalue weighted by Gasteiger charge is -2.32. The summed E-state index contributed by atoms with van der Waals surface area (Å²) in [4.78, 5) is 16.8. The molecular weight excluding hydrogens is 336 g/mol. The number of hydrogen-bond acceptors (Lipinski definition) is 3. The molecule has 3 aromatic rings. The Labute approximate surface area is 159 Å². The van der Waals surface area contributed by atoms with Gasteiger partial charge in [-0.3, -0.25) is 9.78 Å². The second-order valence-corrected chi connectivity index (χ2v) is 7.57. The van der Waals surface area contributed by atoms with E-state index in [-0.39, 0.29) is 5.91 Å². The minimum absolute atomic E-state index is 0.126. The van der Waals surface area contributed by atoms with Crippen molar-refractivity contribution in [3.63, 3.8) is 0 Å². The van der Waals surface area contributed by atoms with Gasteiger partial charge in [0, 0.05) is 23.4 Å². The summed E-state index contributed by atoms with van der Waals surface area (Å²) in [5, 5.41) is 14.9. The molecule has 2 N–H and O–H groups in total. The van der Waals surface area contributed by atoms with Gasteiger partial charge in [0.05, 0.1) is 5.69 Å². The molecule has 0 aliphatic heterocycles. The summed E-state index contributed by atoms with van der Waals surface area (Å²) in [6.45, 7) is 5.55. The van der Waals surface area contributed by atoms with E-state index in [9.17, 15) is 9.90 Å². The molecule has 0 atom stereocenters. The molecule has 0 saturated heterocycles. The zero-order chi connectivity index (χ0) is 19.5. The van der Waals surface area contributed by atoms with E-state index in [4.69, 9.17) is 0 Å². The standard InChI is InChI=1S/C23H24N2O2/c1-22(2,3)21(26)25-20-14-15-24-16-19(20)23(27,17-10-6-4-7-11-17)18-12-8-5-9-13-18/h4-16,27H,1-3H3,(H,24,25,26). The number of aromatic nitrogens is 1. The van der Waals surface area contributed by atoms with Crippen molar-refractivity contribution in [2.75, 3.05) is 5.32 Å². The molecule has 3 rings (SSSR count). The van der Waals surface area contributed by atoms with Crippen LogP contribution in [-0.2, 0) is 10.4 Å². The van der Waals surface area contributed by atoms with E-state index in [1.54, 1.807) is 18.5 Å². The lowest BCUT2D eigenvalue weighted by molar-refractivity contribution is -0.123. The fraction of sp³-hybridized carbons (Fsp3) is 0.217. The topological polar surface area (TPSA) is 62.2 Å². The minimum atomic E-state index is -1.45. The Balaban J connectivity index is 2.19. The predicted molar refractivity (Wildman–Crippen MR) is 107 cm³/mol. The lowest BCUT2D eigenvalue weighted by atomic mass is 9.80. The van der Waals surface area contributed by atoms with Gasteiger partial charge in [0.2, 0.25) is 5.91 Å². The molecule has 27 heavy (non-hydrogen) atoms. The van der Waals surface area contributed by atoms with E-state index in [1.807, 2.05) is 81.4 Å². The van der Waals surface area contributed by atoms with Gasteiger partial charge in [-0.15, -0.1) is 0 Å². The van der Waals surface area contributed by atoms with Crippen molar-refractivity contribution >= 4 is 11.6 Å². The van der Waals surface area contributed by atoms with Crippen molar-refractivity contribution in [2.45, 2.75) is 26.4 Å². The first-order valence-electron chi connectivity index (χ1n) is 8.93. The van der Waals surface area contributed by atoms with E-state index in [0.717, 1.165) is 0 Å². The van der Waals surface area contributed by atoms with Crippen LogP contribution in [0.4, 0.5) is 5.69 Å². The van der Waals surface area contributed by atoms with Crippen molar-refractivity contribution in [3.05, 3.63) is 95.8 Å². The summed E-state index contributed by atoms with van der Waals surface area (Å²) in [6.07, 6.45) is 3.22. The Kier molecular flexibility index (Phi) is 5.10. The van der Waals surface area contributed by atoms with Gasteiger partial charge in [-0.05, 0) is 17.2 Å². The smallest absolute Gasteiger partial charge is 0.229 e. The average Bonchev–Trinajstić information content (AvgIpc) is 2.68. The van der Waals surface area contributed by atoms with Gasteiger partial charge in [-0.1, -0.05) is 81.4 Å². The summed E-state index contributed by atoms with van der Waals surface area (Å²) in [5.41, 5.74) is 0.473. The van der Waals surface area contributed by atoms with Crippen molar-refractivity contribution < 1.29 is 9.90 Å². The van der Waals surface area contributed by atoms with E-state index in [0.29, 0.717) is 22.4 Å². The van der Waals surface area contributed by atoms with Crippen LogP contribution in [0.1, 0.15) is 37.5 Å². The van der Waals surface area contributed by atoms with E-state index in [1.165, 1.54) is 0 Å². The molecule has 0 saturated carbocycles. The number of hydrogen-bond donors (Lipinski definition) is 2. The number of amides is 1. The number of carbonyl (C=O) groups excluding carboxylic acids is 1. The Hall–Kier alpha value is -2.98. The van der Waals surface area contributed by atoms with Crippen molar-refractivity contribution in [3.8, 4) is 0 Å². The van der Waals surface area contributed by atoms with Crippen LogP contribution < -0.4 is 5.32 Å². The SMILES string of the molecule is CC(C)(C)C(=O)Nc1ccncc1C(O)(c1ccccc1)c1ccccc1. The van der Waals surface area contributed by atoms with Gasteiger partial charge < -0.3 is 10.4 Å². The quantitative estimate of drug-likeness (QED) is 0.727. The van der Waals surface area contributed by atoms with E-state index >= 15 is 0 Å². The zero-order valence-electron chi connectivity index (χ0n) is 15.8. The largest absolute Gasteiger partial charge is 0.376 e. The first kappa shape index (κ1) is 18.8. The molecule has 0 unspecified atom stereocenters. The third kappa shape index (κ3) is 3.76. The van der Waals surface area contributed by atoms with Crippen LogP contribution >= 0.6 is 0 Å². The number of nitrogens with zero attached hydrogens (tertiary/aromatic N) is 1. The highest BCUT2D eigenvalue weighted by atomic mass is 16.3. The summed E-state index contributed by atoms with van der Waals surface area (Å²) in [7, 11) is 0. The van der Waals surface area contributed by atoms with E-state index < -0.39 is 11.0 Å². The molecule has 0 fully saturated rings. The summed E-state index contributed by atoms with van der Waals surface area (Å²) in [5.74, 6) is -0.126. The Morgan fingerprint density at radius 1 is 0.889 bits per heavy atom. The number of pyridine rings is 1. The van der Waals surface area contributed by atoms with Gasteiger partial charge in [-0.2, -0.15) is 0 Å². The number of anilines is 1. The summed E-state index contributed by atoms with van der Waals surface area (Å²) < 4.78 is 0. The van der Waals surface area contributed by atoms with Crippen molar-refractivity contribution in [1.82, 2.24) is 4.98 Å².